The van der Waals surface area contributed by atoms with Crippen molar-refractivity contribution in [2.45, 2.75) is 25.7 Å². The first kappa shape index (κ1) is 18.2. The van der Waals surface area contributed by atoms with Crippen LogP contribution in [0.2, 0.25) is 0 Å². The molecule has 0 spiro atoms. The van der Waals surface area contributed by atoms with E-state index >= 15 is 0 Å². The van der Waals surface area contributed by atoms with Gasteiger partial charge in [0.25, 0.3) is 0 Å². The standard InChI is InChI=1S/C21H22N4O3/c26-19(23-13-15-12-17-4-1-2-5-18(17)27-14-15)6-3-7-20-24-21(25-28-20)16-8-10-22-11-9-16/h1-2,4-5,8-11,15H,3,6-7,12-14H2,(H,23,26)/t15-/m0/s1. The van der Waals surface area contributed by atoms with Crippen LogP contribution in [0.1, 0.15) is 24.3 Å². The lowest BCUT2D eigenvalue weighted by molar-refractivity contribution is -0.121. The highest BCUT2D eigenvalue weighted by Crippen LogP contribution is 2.26. The van der Waals surface area contributed by atoms with Gasteiger partial charge in [-0.3, -0.25) is 9.78 Å². The van der Waals surface area contributed by atoms with Crippen LogP contribution in [-0.4, -0.2) is 34.2 Å². The second-order valence-electron chi connectivity index (χ2n) is 6.89. The van der Waals surface area contributed by atoms with E-state index in [0.29, 0.717) is 50.0 Å². The monoisotopic (exact) mass is 378 g/mol. The molecule has 1 aliphatic heterocycles. The van der Waals surface area contributed by atoms with Crippen LogP contribution in [-0.2, 0) is 17.6 Å². The molecule has 2 aromatic heterocycles. The third-order valence-electron chi connectivity index (χ3n) is 4.74. The summed E-state index contributed by atoms with van der Waals surface area (Å²) in [5.74, 6) is 2.37. The minimum Gasteiger partial charge on any atom is -0.493 e. The van der Waals surface area contributed by atoms with E-state index in [0.717, 1.165) is 17.7 Å². The van der Waals surface area contributed by atoms with E-state index < -0.39 is 0 Å². The molecule has 1 atom stereocenters. The van der Waals surface area contributed by atoms with E-state index in [1.54, 1.807) is 12.4 Å². The van der Waals surface area contributed by atoms with Gasteiger partial charge in [0, 0.05) is 43.3 Å². The average molecular weight is 378 g/mol. The molecule has 0 fully saturated rings. The number of carbonyl (C=O) groups is 1. The van der Waals surface area contributed by atoms with E-state index in [4.69, 9.17) is 9.26 Å². The number of pyridine rings is 1. The zero-order valence-electron chi connectivity index (χ0n) is 15.5. The van der Waals surface area contributed by atoms with Gasteiger partial charge in [0.1, 0.15) is 5.75 Å². The number of ether oxygens (including phenoxy) is 1. The van der Waals surface area contributed by atoms with Crippen molar-refractivity contribution < 1.29 is 14.1 Å². The predicted molar refractivity (Wildman–Crippen MR) is 103 cm³/mol. The van der Waals surface area contributed by atoms with Gasteiger partial charge in [0.05, 0.1) is 6.61 Å². The molecule has 0 saturated heterocycles. The Bertz CT molecular complexity index is 926. The molecule has 0 unspecified atom stereocenters. The molecule has 3 aromatic rings. The molecule has 7 nitrogen and oxygen atoms in total. The van der Waals surface area contributed by atoms with Gasteiger partial charge in [-0.15, -0.1) is 0 Å². The summed E-state index contributed by atoms with van der Waals surface area (Å²) in [6.45, 7) is 1.26. The van der Waals surface area contributed by atoms with Crippen molar-refractivity contribution in [3.8, 4) is 17.1 Å². The molecule has 1 amide bonds. The largest absolute Gasteiger partial charge is 0.493 e. The molecule has 0 saturated carbocycles. The van der Waals surface area contributed by atoms with Crippen LogP contribution in [0.25, 0.3) is 11.4 Å². The molecular weight excluding hydrogens is 356 g/mol. The van der Waals surface area contributed by atoms with Gasteiger partial charge in [-0.05, 0) is 36.6 Å². The summed E-state index contributed by atoms with van der Waals surface area (Å²) in [5, 5.41) is 6.98. The Labute approximate surface area is 163 Å². The van der Waals surface area contributed by atoms with Crippen LogP contribution < -0.4 is 10.1 Å². The Morgan fingerprint density at radius 1 is 1.18 bits per heavy atom. The number of aryl methyl sites for hydroxylation is 1. The SMILES string of the molecule is O=C(CCCc1nc(-c2ccncc2)no1)NC[C@H]1COc2ccccc2C1. The number of hydrogen-bond donors (Lipinski definition) is 1. The first-order valence-corrected chi connectivity index (χ1v) is 9.48. The van der Waals surface area contributed by atoms with Gasteiger partial charge in [0.15, 0.2) is 0 Å². The molecule has 7 heteroatoms. The van der Waals surface area contributed by atoms with Crippen LogP contribution in [0.5, 0.6) is 5.75 Å². The van der Waals surface area contributed by atoms with Gasteiger partial charge in [-0.2, -0.15) is 4.98 Å². The highest BCUT2D eigenvalue weighted by molar-refractivity contribution is 5.75. The van der Waals surface area contributed by atoms with E-state index in [9.17, 15) is 4.79 Å². The fourth-order valence-electron chi connectivity index (χ4n) is 3.24. The molecule has 1 aromatic carbocycles. The zero-order valence-corrected chi connectivity index (χ0v) is 15.5. The molecule has 3 heterocycles. The highest BCUT2D eigenvalue weighted by atomic mass is 16.5. The van der Waals surface area contributed by atoms with Gasteiger partial charge >= 0.3 is 0 Å². The van der Waals surface area contributed by atoms with E-state index in [2.05, 4.69) is 26.5 Å². The Kier molecular flexibility index (Phi) is 5.61. The van der Waals surface area contributed by atoms with Crippen molar-refractivity contribution in [1.29, 1.82) is 0 Å². The van der Waals surface area contributed by atoms with Gasteiger partial charge in [0.2, 0.25) is 17.6 Å². The molecule has 0 bridgehead atoms. The van der Waals surface area contributed by atoms with Crippen LogP contribution in [0.15, 0.2) is 53.3 Å². The molecule has 144 valence electrons. The van der Waals surface area contributed by atoms with Crippen molar-refractivity contribution >= 4 is 5.91 Å². The zero-order chi connectivity index (χ0) is 19.2. The lowest BCUT2D eigenvalue weighted by atomic mass is 9.97. The molecule has 0 aliphatic carbocycles. The summed E-state index contributed by atoms with van der Waals surface area (Å²) in [5.41, 5.74) is 2.06. The Morgan fingerprint density at radius 2 is 2.04 bits per heavy atom. The van der Waals surface area contributed by atoms with Crippen molar-refractivity contribution in [3.63, 3.8) is 0 Å². The van der Waals surface area contributed by atoms with E-state index in [1.165, 1.54) is 5.56 Å². The van der Waals surface area contributed by atoms with Crippen LogP contribution in [0.3, 0.4) is 0 Å². The molecular formula is C21H22N4O3. The number of para-hydroxylation sites is 1. The molecule has 4 rings (SSSR count). The second kappa shape index (κ2) is 8.65. The Balaban J connectivity index is 1.18. The maximum atomic E-state index is 12.1. The molecule has 1 N–H and O–H groups in total. The van der Waals surface area contributed by atoms with Crippen LogP contribution >= 0.6 is 0 Å². The smallest absolute Gasteiger partial charge is 0.226 e. The minimum absolute atomic E-state index is 0.0349. The first-order chi connectivity index (χ1) is 13.8. The normalized spacial score (nSPS) is 15.5. The number of aromatic nitrogens is 3. The van der Waals surface area contributed by atoms with Crippen molar-refractivity contribution in [1.82, 2.24) is 20.4 Å². The first-order valence-electron chi connectivity index (χ1n) is 9.48. The predicted octanol–water partition coefficient (Wildman–Crippen LogP) is 2.82. The molecule has 1 aliphatic rings. The summed E-state index contributed by atoms with van der Waals surface area (Å²) in [6, 6.07) is 11.7. The lowest BCUT2D eigenvalue weighted by Crippen LogP contribution is -2.34. The number of fused-ring (bicyclic) bond motifs is 1. The highest BCUT2D eigenvalue weighted by Gasteiger charge is 2.20. The van der Waals surface area contributed by atoms with Crippen molar-refractivity contribution in [2.24, 2.45) is 5.92 Å². The number of rotatable bonds is 7. The fraction of sp³-hybridized carbons (Fsp3) is 0.333. The Morgan fingerprint density at radius 3 is 2.93 bits per heavy atom. The summed E-state index contributed by atoms with van der Waals surface area (Å²) in [4.78, 5) is 20.5. The van der Waals surface area contributed by atoms with Crippen LogP contribution in [0, 0.1) is 5.92 Å². The van der Waals surface area contributed by atoms with Crippen LogP contribution in [0.4, 0.5) is 0 Å². The lowest BCUT2D eigenvalue weighted by Gasteiger charge is -2.25. The van der Waals surface area contributed by atoms with E-state index in [-0.39, 0.29) is 5.91 Å². The number of nitrogens with zero attached hydrogens (tertiary/aromatic N) is 3. The number of amides is 1. The number of hydrogen-bond acceptors (Lipinski definition) is 6. The third-order valence-corrected chi connectivity index (χ3v) is 4.74. The number of carbonyl (C=O) groups excluding carboxylic acids is 1. The number of nitrogens with one attached hydrogen (secondary N) is 1. The maximum Gasteiger partial charge on any atom is 0.226 e. The second-order valence-corrected chi connectivity index (χ2v) is 6.89. The number of benzene rings is 1. The summed E-state index contributed by atoms with van der Waals surface area (Å²) >= 11 is 0. The average Bonchev–Trinajstić information content (AvgIpc) is 3.22. The summed E-state index contributed by atoms with van der Waals surface area (Å²) < 4.78 is 11.0. The summed E-state index contributed by atoms with van der Waals surface area (Å²) in [6.07, 6.45) is 5.96. The van der Waals surface area contributed by atoms with Gasteiger partial charge < -0.3 is 14.6 Å². The van der Waals surface area contributed by atoms with Gasteiger partial charge in [-0.1, -0.05) is 23.4 Å². The Hall–Kier alpha value is -3.22. The van der Waals surface area contributed by atoms with Crippen molar-refractivity contribution in [3.05, 3.63) is 60.2 Å². The molecule has 0 radical (unpaired) electrons. The van der Waals surface area contributed by atoms with Crippen molar-refractivity contribution in [2.75, 3.05) is 13.2 Å². The van der Waals surface area contributed by atoms with E-state index in [1.807, 2.05) is 30.3 Å². The quantitative estimate of drug-likeness (QED) is 0.680. The fourth-order valence-corrected chi connectivity index (χ4v) is 3.24. The topological polar surface area (TPSA) is 90.1 Å². The molecule has 28 heavy (non-hydrogen) atoms. The summed E-state index contributed by atoms with van der Waals surface area (Å²) in [7, 11) is 0. The maximum absolute atomic E-state index is 12.1. The van der Waals surface area contributed by atoms with Gasteiger partial charge in [-0.25, -0.2) is 0 Å². The third kappa shape index (κ3) is 4.54. The minimum atomic E-state index is 0.0349.